The van der Waals surface area contributed by atoms with E-state index in [0.29, 0.717) is 21.9 Å². The number of Topliss-reactive ketones (excluding diaryl/α,β-unsaturated/α-hetero) is 1. The van der Waals surface area contributed by atoms with E-state index < -0.39 is 0 Å². The lowest BCUT2D eigenvalue weighted by Crippen LogP contribution is -2.12. The molecule has 2 aromatic rings. The summed E-state index contributed by atoms with van der Waals surface area (Å²) in [5.41, 5.74) is 3.22. The summed E-state index contributed by atoms with van der Waals surface area (Å²) in [6.07, 6.45) is 0. The predicted octanol–water partition coefficient (Wildman–Crippen LogP) is 4.09. The maximum absolute atomic E-state index is 12.1. The molecule has 4 heteroatoms. The van der Waals surface area contributed by atoms with E-state index in [0.717, 1.165) is 11.1 Å². The number of aryl methyl sites for hydroxylation is 2. The van der Waals surface area contributed by atoms with E-state index >= 15 is 0 Å². The summed E-state index contributed by atoms with van der Waals surface area (Å²) >= 11 is 5.91. The molecule has 0 fully saturated rings. The van der Waals surface area contributed by atoms with Crippen LogP contribution in [0, 0.1) is 25.2 Å². The molecule has 3 nitrogen and oxygen atoms in total. The van der Waals surface area contributed by atoms with Gasteiger partial charge in [0.2, 0.25) is 0 Å². The summed E-state index contributed by atoms with van der Waals surface area (Å²) in [5, 5.41) is 9.11. The molecule has 0 spiro atoms. The largest absolute Gasteiger partial charge is 0.485 e. The quantitative estimate of drug-likeness (QED) is 0.799. The zero-order valence-electron chi connectivity index (χ0n) is 11.8. The molecule has 2 rings (SSSR count). The summed E-state index contributed by atoms with van der Waals surface area (Å²) in [5.74, 6) is 0.370. The van der Waals surface area contributed by atoms with Crippen molar-refractivity contribution < 1.29 is 9.53 Å². The SMILES string of the molecule is Cc1ccc(C(=O)COc2ccc(C#N)c(Cl)c2)cc1C. The summed E-state index contributed by atoms with van der Waals surface area (Å²) in [4.78, 5) is 12.1. The molecule has 0 radical (unpaired) electrons. The van der Waals surface area contributed by atoms with Crippen molar-refractivity contribution in [1.82, 2.24) is 0 Å². The Morgan fingerprint density at radius 2 is 1.95 bits per heavy atom. The first-order valence-corrected chi connectivity index (χ1v) is 6.82. The zero-order valence-corrected chi connectivity index (χ0v) is 12.6. The number of nitriles is 1. The van der Waals surface area contributed by atoms with Gasteiger partial charge in [-0.05, 0) is 43.2 Å². The number of ether oxygens (including phenoxy) is 1. The number of hydrogen-bond acceptors (Lipinski definition) is 3. The van der Waals surface area contributed by atoms with Crippen LogP contribution < -0.4 is 4.74 Å². The Morgan fingerprint density at radius 1 is 1.19 bits per heavy atom. The van der Waals surface area contributed by atoms with Crippen LogP contribution in [0.1, 0.15) is 27.0 Å². The highest BCUT2D eigenvalue weighted by Gasteiger charge is 2.09. The molecule has 0 heterocycles. The summed E-state index contributed by atoms with van der Waals surface area (Å²) < 4.78 is 5.43. The lowest BCUT2D eigenvalue weighted by atomic mass is 10.0. The standard InChI is InChI=1S/C17H14ClNO2/c1-11-3-4-13(7-12(11)2)17(20)10-21-15-6-5-14(9-19)16(18)8-15/h3-8H,10H2,1-2H3. The van der Waals surface area contributed by atoms with E-state index in [1.807, 2.05) is 32.0 Å². The monoisotopic (exact) mass is 299 g/mol. The summed E-state index contributed by atoms with van der Waals surface area (Å²) in [7, 11) is 0. The third kappa shape index (κ3) is 3.62. The number of carbonyl (C=O) groups is 1. The first kappa shape index (κ1) is 15.1. The van der Waals surface area contributed by atoms with E-state index in [1.54, 1.807) is 18.2 Å². The van der Waals surface area contributed by atoms with Crippen LogP contribution in [0.15, 0.2) is 36.4 Å². The molecule has 0 atom stereocenters. The van der Waals surface area contributed by atoms with Gasteiger partial charge in [0.15, 0.2) is 12.4 Å². The van der Waals surface area contributed by atoms with Gasteiger partial charge in [-0.25, -0.2) is 0 Å². The molecule has 0 aliphatic heterocycles. The molecular formula is C17H14ClNO2. The number of halogens is 1. The summed E-state index contributed by atoms with van der Waals surface area (Å²) in [6.45, 7) is 3.90. The fourth-order valence-corrected chi connectivity index (χ4v) is 2.04. The number of carbonyl (C=O) groups excluding carboxylic acids is 1. The Bertz CT molecular complexity index is 732. The molecule has 106 valence electrons. The minimum atomic E-state index is -0.0985. The second-order valence-corrected chi connectivity index (χ2v) is 5.17. The van der Waals surface area contributed by atoms with Crippen molar-refractivity contribution >= 4 is 17.4 Å². The molecule has 0 amide bonds. The first-order valence-electron chi connectivity index (χ1n) is 6.44. The second kappa shape index (κ2) is 6.43. The Hall–Kier alpha value is -2.31. The van der Waals surface area contributed by atoms with Gasteiger partial charge in [0, 0.05) is 11.6 Å². The smallest absolute Gasteiger partial charge is 0.200 e. The molecule has 0 saturated heterocycles. The van der Waals surface area contributed by atoms with Gasteiger partial charge >= 0.3 is 0 Å². The molecule has 0 aliphatic carbocycles. The van der Waals surface area contributed by atoms with Gasteiger partial charge in [-0.3, -0.25) is 4.79 Å². The highest BCUT2D eigenvalue weighted by Crippen LogP contribution is 2.22. The van der Waals surface area contributed by atoms with Gasteiger partial charge in [0.1, 0.15) is 11.8 Å². The molecule has 0 aliphatic rings. The molecule has 0 saturated carbocycles. The van der Waals surface area contributed by atoms with E-state index in [9.17, 15) is 4.79 Å². The van der Waals surface area contributed by atoms with Crippen molar-refractivity contribution in [3.05, 3.63) is 63.7 Å². The van der Waals surface area contributed by atoms with Crippen LogP contribution in [-0.4, -0.2) is 12.4 Å². The maximum atomic E-state index is 12.1. The van der Waals surface area contributed by atoms with E-state index in [2.05, 4.69) is 0 Å². The molecule has 21 heavy (non-hydrogen) atoms. The highest BCUT2D eigenvalue weighted by atomic mass is 35.5. The van der Waals surface area contributed by atoms with Crippen LogP contribution in [0.4, 0.5) is 0 Å². The predicted molar refractivity (Wildman–Crippen MR) is 81.9 cm³/mol. The molecule has 0 unspecified atom stereocenters. The van der Waals surface area contributed by atoms with Gasteiger partial charge in [-0.2, -0.15) is 5.26 Å². The van der Waals surface area contributed by atoms with Crippen LogP contribution in [0.25, 0.3) is 0 Å². The van der Waals surface area contributed by atoms with Crippen LogP contribution in [-0.2, 0) is 0 Å². The van der Waals surface area contributed by atoms with Crippen molar-refractivity contribution in [2.45, 2.75) is 13.8 Å². The third-order valence-corrected chi connectivity index (χ3v) is 3.57. The van der Waals surface area contributed by atoms with E-state index in [-0.39, 0.29) is 12.4 Å². The van der Waals surface area contributed by atoms with E-state index in [1.165, 1.54) is 6.07 Å². The lowest BCUT2D eigenvalue weighted by molar-refractivity contribution is 0.0921. The Kier molecular flexibility index (Phi) is 4.62. The minimum absolute atomic E-state index is 0.0648. The van der Waals surface area contributed by atoms with E-state index in [4.69, 9.17) is 21.6 Å². The Labute approximate surface area is 128 Å². The molecule has 0 N–H and O–H groups in total. The normalized spacial score (nSPS) is 10.0. The van der Waals surface area contributed by atoms with Gasteiger partial charge in [0.05, 0.1) is 10.6 Å². The number of benzene rings is 2. The fraction of sp³-hybridized carbons (Fsp3) is 0.176. The van der Waals surface area contributed by atoms with Gasteiger partial charge in [-0.15, -0.1) is 0 Å². The van der Waals surface area contributed by atoms with Crippen molar-refractivity contribution in [3.8, 4) is 11.8 Å². The van der Waals surface area contributed by atoms with Crippen LogP contribution in [0.5, 0.6) is 5.75 Å². The average Bonchev–Trinajstić information content (AvgIpc) is 2.47. The van der Waals surface area contributed by atoms with Crippen LogP contribution >= 0.6 is 11.6 Å². The lowest BCUT2D eigenvalue weighted by Gasteiger charge is -2.08. The van der Waals surface area contributed by atoms with Gasteiger partial charge in [0.25, 0.3) is 0 Å². The number of ketones is 1. The minimum Gasteiger partial charge on any atom is -0.485 e. The van der Waals surface area contributed by atoms with Gasteiger partial charge < -0.3 is 4.74 Å². The van der Waals surface area contributed by atoms with Crippen LogP contribution in [0.2, 0.25) is 5.02 Å². The number of nitrogens with zero attached hydrogens (tertiary/aromatic N) is 1. The number of hydrogen-bond donors (Lipinski definition) is 0. The summed E-state index contributed by atoms with van der Waals surface area (Å²) in [6, 6.07) is 12.3. The van der Waals surface area contributed by atoms with Gasteiger partial charge in [-0.1, -0.05) is 23.7 Å². The second-order valence-electron chi connectivity index (χ2n) is 4.76. The fourth-order valence-electron chi connectivity index (χ4n) is 1.82. The molecule has 0 bridgehead atoms. The van der Waals surface area contributed by atoms with Crippen LogP contribution in [0.3, 0.4) is 0 Å². The van der Waals surface area contributed by atoms with Crippen molar-refractivity contribution in [2.24, 2.45) is 0 Å². The third-order valence-electron chi connectivity index (χ3n) is 3.26. The number of rotatable bonds is 4. The van der Waals surface area contributed by atoms with Crippen molar-refractivity contribution in [1.29, 1.82) is 5.26 Å². The van der Waals surface area contributed by atoms with Crippen molar-refractivity contribution in [2.75, 3.05) is 6.61 Å². The van der Waals surface area contributed by atoms with Crippen molar-refractivity contribution in [3.63, 3.8) is 0 Å². The first-order chi connectivity index (χ1) is 10.0. The Balaban J connectivity index is 2.05. The Morgan fingerprint density at radius 3 is 2.57 bits per heavy atom. The average molecular weight is 300 g/mol. The zero-order chi connectivity index (χ0) is 15.4. The molecular weight excluding hydrogens is 286 g/mol. The highest BCUT2D eigenvalue weighted by molar-refractivity contribution is 6.31. The molecule has 2 aromatic carbocycles. The molecule has 0 aromatic heterocycles. The maximum Gasteiger partial charge on any atom is 0.200 e. The topological polar surface area (TPSA) is 50.1 Å².